The van der Waals surface area contributed by atoms with Gasteiger partial charge in [0.2, 0.25) is 0 Å². The van der Waals surface area contributed by atoms with E-state index in [4.69, 9.17) is 5.73 Å². The van der Waals surface area contributed by atoms with Crippen LogP contribution in [0.25, 0.3) is 33.3 Å². The van der Waals surface area contributed by atoms with Gasteiger partial charge in [0.15, 0.2) is 0 Å². The monoisotopic (exact) mass is 420 g/mol. The van der Waals surface area contributed by atoms with Crippen LogP contribution in [-0.2, 0) is 12.6 Å². The molecule has 0 spiro atoms. The number of halogens is 3. The summed E-state index contributed by atoms with van der Waals surface area (Å²) in [6, 6.07) is 19.9. The molecule has 156 valence electrons. The topological polar surface area (TPSA) is 56.0 Å². The summed E-state index contributed by atoms with van der Waals surface area (Å²) < 4.78 is 41.5. The number of rotatable bonds is 4. The molecule has 1 amide bonds. The van der Waals surface area contributed by atoms with Crippen LogP contribution in [-0.4, -0.2) is 10.9 Å². The molecule has 0 aliphatic rings. The van der Waals surface area contributed by atoms with Crippen LogP contribution in [0.5, 0.6) is 0 Å². The number of hydrogen-bond donors (Lipinski definition) is 1. The van der Waals surface area contributed by atoms with Gasteiger partial charge < -0.3 is 5.73 Å². The minimum absolute atomic E-state index is 0.103. The zero-order valence-electron chi connectivity index (χ0n) is 16.7. The first-order chi connectivity index (χ1) is 14.8. The number of aromatic nitrogens is 1. The van der Waals surface area contributed by atoms with Crippen LogP contribution >= 0.6 is 0 Å². The van der Waals surface area contributed by atoms with Crippen molar-refractivity contribution in [3.63, 3.8) is 0 Å². The van der Waals surface area contributed by atoms with E-state index in [9.17, 15) is 18.0 Å². The number of fused-ring (bicyclic) bond motifs is 1. The summed E-state index contributed by atoms with van der Waals surface area (Å²) in [6.45, 7) is 1.97. The zero-order chi connectivity index (χ0) is 22.2. The van der Waals surface area contributed by atoms with Gasteiger partial charge in [-0.1, -0.05) is 67.6 Å². The van der Waals surface area contributed by atoms with E-state index in [2.05, 4.69) is 4.98 Å². The average Bonchev–Trinajstić information content (AvgIpc) is 2.77. The molecule has 0 atom stereocenters. The number of aryl methyl sites for hydroxylation is 1. The van der Waals surface area contributed by atoms with Gasteiger partial charge >= 0.3 is 6.18 Å². The Hall–Kier alpha value is -3.67. The molecule has 0 bridgehead atoms. The summed E-state index contributed by atoms with van der Waals surface area (Å²) in [5.41, 5.74) is 7.41. The second kappa shape index (κ2) is 7.87. The number of hydrogen-bond acceptors (Lipinski definition) is 2. The fraction of sp³-hybridized carbons (Fsp3) is 0.120. The molecule has 0 radical (unpaired) electrons. The van der Waals surface area contributed by atoms with Crippen molar-refractivity contribution < 1.29 is 18.0 Å². The molecule has 3 nitrogen and oxygen atoms in total. The molecule has 4 aromatic rings. The van der Waals surface area contributed by atoms with Gasteiger partial charge in [0.25, 0.3) is 5.91 Å². The van der Waals surface area contributed by atoms with E-state index in [1.807, 2.05) is 19.1 Å². The lowest BCUT2D eigenvalue weighted by Gasteiger charge is -2.18. The second-order valence-corrected chi connectivity index (χ2v) is 7.19. The molecule has 3 aromatic carbocycles. The molecule has 0 aliphatic carbocycles. The smallest absolute Gasteiger partial charge is 0.366 e. The molecular weight excluding hydrogens is 401 g/mol. The van der Waals surface area contributed by atoms with Crippen LogP contribution in [0, 0.1) is 0 Å². The number of pyridine rings is 1. The molecule has 6 heteroatoms. The van der Waals surface area contributed by atoms with Crippen LogP contribution in [0.2, 0.25) is 0 Å². The third-order valence-electron chi connectivity index (χ3n) is 5.24. The SMILES string of the molecule is CCc1cccc(-c2nc3c(C(F)(F)F)cccc3c(-c3ccccc3)c2C(N)=O)c1. The van der Waals surface area contributed by atoms with Crippen molar-refractivity contribution >= 4 is 16.8 Å². The number of primary amides is 1. The molecule has 0 saturated carbocycles. The number of para-hydroxylation sites is 1. The highest BCUT2D eigenvalue weighted by molar-refractivity contribution is 6.13. The summed E-state index contributed by atoms with van der Waals surface area (Å²) in [6.07, 6.45) is -3.87. The fourth-order valence-electron chi connectivity index (χ4n) is 3.81. The van der Waals surface area contributed by atoms with Gasteiger partial charge in [-0.25, -0.2) is 4.98 Å². The van der Waals surface area contributed by atoms with E-state index in [0.717, 1.165) is 18.1 Å². The number of amides is 1. The quantitative estimate of drug-likeness (QED) is 0.424. The van der Waals surface area contributed by atoms with Crippen molar-refractivity contribution in [3.05, 3.63) is 89.5 Å². The molecule has 0 unspecified atom stereocenters. The standard InChI is InChI=1S/C25H19F3N2O/c1-2-15-8-6-11-17(14-15)22-21(24(29)31)20(16-9-4-3-5-10-16)18-12-7-13-19(23(18)30-22)25(26,27)28/h3-14H,2H2,1H3,(H2,29,31). The van der Waals surface area contributed by atoms with E-state index < -0.39 is 17.6 Å². The highest BCUT2D eigenvalue weighted by atomic mass is 19.4. The van der Waals surface area contributed by atoms with Crippen molar-refractivity contribution in [2.24, 2.45) is 5.73 Å². The van der Waals surface area contributed by atoms with Crippen LogP contribution in [0.3, 0.4) is 0 Å². The predicted octanol–water partition coefficient (Wildman–Crippen LogP) is 6.25. The Bertz CT molecular complexity index is 1280. The Morgan fingerprint density at radius 3 is 2.26 bits per heavy atom. The zero-order valence-corrected chi connectivity index (χ0v) is 16.7. The Morgan fingerprint density at radius 1 is 0.935 bits per heavy atom. The van der Waals surface area contributed by atoms with Gasteiger partial charge in [-0.15, -0.1) is 0 Å². The second-order valence-electron chi connectivity index (χ2n) is 7.19. The number of alkyl halides is 3. The first kappa shape index (κ1) is 20.6. The lowest BCUT2D eigenvalue weighted by molar-refractivity contribution is -0.136. The minimum atomic E-state index is -4.60. The molecule has 1 aromatic heterocycles. The minimum Gasteiger partial charge on any atom is -0.366 e. The number of carbonyl (C=O) groups is 1. The number of nitrogens with two attached hydrogens (primary N) is 1. The molecule has 31 heavy (non-hydrogen) atoms. The van der Waals surface area contributed by atoms with Gasteiger partial charge in [0, 0.05) is 16.5 Å². The first-order valence-corrected chi connectivity index (χ1v) is 9.79. The average molecular weight is 420 g/mol. The van der Waals surface area contributed by atoms with Crippen molar-refractivity contribution in [3.8, 4) is 22.4 Å². The number of nitrogens with zero attached hydrogens (tertiary/aromatic N) is 1. The van der Waals surface area contributed by atoms with E-state index >= 15 is 0 Å². The van der Waals surface area contributed by atoms with Crippen molar-refractivity contribution in [1.29, 1.82) is 0 Å². The van der Waals surface area contributed by atoms with Gasteiger partial charge in [-0.3, -0.25) is 4.79 Å². The van der Waals surface area contributed by atoms with E-state index in [1.54, 1.807) is 48.5 Å². The molecule has 2 N–H and O–H groups in total. The molecule has 1 heterocycles. The third kappa shape index (κ3) is 3.77. The predicted molar refractivity (Wildman–Crippen MR) is 116 cm³/mol. The number of benzene rings is 3. The maximum atomic E-state index is 13.8. The summed E-state index contributed by atoms with van der Waals surface area (Å²) >= 11 is 0. The largest absolute Gasteiger partial charge is 0.418 e. The van der Waals surface area contributed by atoms with E-state index in [1.165, 1.54) is 6.07 Å². The molecule has 0 aliphatic heterocycles. The normalized spacial score (nSPS) is 11.6. The first-order valence-electron chi connectivity index (χ1n) is 9.79. The van der Waals surface area contributed by atoms with Gasteiger partial charge in [0.05, 0.1) is 22.3 Å². The van der Waals surface area contributed by atoms with E-state index in [0.29, 0.717) is 16.7 Å². The Balaban J connectivity index is 2.22. The molecular formula is C25H19F3N2O. The van der Waals surface area contributed by atoms with Gasteiger partial charge in [-0.05, 0) is 29.7 Å². The van der Waals surface area contributed by atoms with Crippen molar-refractivity contribution in [2.75, 3.05) is 0 Å². The van der Waals surface area contributed by atoms with Crippen LogP contribution in [0.15, 0.2) is 72.8 Å². The maximum Gasteiger partial charge on any atom is 0.418 e. The van der Waals surface area contributed by atoms with E-state index in [-0.39, 0.29) is 22.2 Å². The number of carbonyl (C=O) groups excluding carboxylic acids is 1. The van der Waals surface area contributed by atoms with Gasteiger partial charge in [0.1, 0.15) is 0 Å². The highest BCUT2D eigenvalue weighted by Crippen LogP contribution is 2.41. The maximum absolute atomic E-state index is 13.8. The third-order valence-corrected chi connectivity index (χ3v) is 5.24. The summed E-state index contributed by atoms with van der Waals surface area (Å²) in [5, 5.41) is 0.227. The van der Waals surface area contributed by atoms with Crippen LogP contribution < -0.4 is 5.73 Å². The fourth-order valence-corrected chi connectivity index (χ4v) is 3.81. The molecule has 4 rings (SSSR count). The summed E-state index contributed by atoms with van der Waals surface area (Å²) in [5.74, 6) is -0.748. The lowest BCUT2D eigenvalue weighted by Crippen LogP contribution is -2.16. The highest BCUT2D eigenvalue weighted by Gasteiger charge is 2.34. The molecule has 0 fully saturated rings. The Labute approximate surface area is 177 Å². The van der Waals surface area contributed by atoms with Crippen molar-refractivity contribution in [2.45, 2.75) is 19.5 Å². The van der Waals surface area contributed by atoms with Crippen LogP contribution in [0.1, 0.15) is 28.4 Å². The lowest BCUT2D eigenvalue weighted by atomic mass is 9.90. The summed E-state index contributed by atoms with van der Waals surface area (Å²) in [7, 11) is 0. The Kier molecular flexibility index (Phi) is 5.23. The van der Waals surface area contributed by atoms with Crippen LogP contribution in [0.4, 0.5) is 13.2 Å². The van der Waals surface area contributed by atoms with Gasteiger partial charge in [-0.2, -0.15) is 13.2 Å². The molecule has 0 saturated heterocycles. The Morgan fingerprint density at radius 2 is 1.61 bits per heavy atom. The van der Waals surface area contributed by atoms with Crippen molar-refractivity contribution in [1.82, 2.24) is 4.98 Å². The summed E-state index contributed by atoms with van der Waals surface area (Å²) in [4.78, 5) is 17.0.